The van der Waals surface area contributed by atoms with E-state index in [4.69, 9.17) is 14.4 Å². The highest BCUT2D eigenvalue weighted by atomic mass is 28.4. The maximum absolute atomic E-state index is 8.05. The third-order valence-corrected chi connectivity index (χ3v) is 1.01. The van der Waals surface area contributed by atoms with Crippen molar-refractivity contribution in [3.63, 3.8) is 0 Å². The molecule has 0 amide bonds. The molecule has 0 aromatic carbocycles. The lowest BCUT2D eigenvalue weighted by molar-refractivity contribution is -0.849. The highest BCUT2D eigenvalue weighted by molar-refractivity contribution is 6.48. The highest BCUT2D eigenvalue weighted by Crippen LogP contribution is 1.85. The first-order chi connectivity index (χ1) is 5.06. The molecule has 0 bridgehead atoms. The SMILES string of the molecule is CCO[Si](O)(O)O.C[N+](C)(C)C. The first-order valence-corrected chi connectivity index (χ1v) is 5.41. The minimum absolute atomic E-state index is 0.121. The van der Waals surface area contributed by atoms with E-state index in [2.05, 4.69) is 32.6 Å². The Kier molecular flexibility index (Phi) is 6.82. The summed E-state index contributed by atoms with van der Waals surface area (Å²) in [5.74, 6) is 0. The van der Waals surface area contributed by atoms with Crippen molar-refractivity contribution >= 4 is 9.05 Å². The van der Waals surface area contributed by atoms with Gasteiger partial charge in [-0.25, -0.2) is 0 Å². The second kappa shape index (κ2) is 5.63. The van der Waals surface area contributed by atoms with Crippen molar-refractivity contribution in [2.24, 2.45) is 0 Å². The van der Waals surface area contributed by atoms with Gasteiger partial charge in [0.25, 0.3) is 0 Å². The van der Waals surface area contributed by atoms with E-state index >= 15 is 0 Å². The van der Waals surface area contributed by atoms with Crippen molar-refractivity contribution in [2.45, 2.75) is 6.92 Å². The number of rotatable bonds is 2. The Balaban J connectivity index is 0. The Hall–Kier alpha value is 0.0169. The van der Waals surface area contributed by atoms with E-state index in [0.29, 0.717) is 0 Å². The van der Waals surface area contributed by atoms with Crippen LogP contribution in [-0.2, 0) is 4.43 Å². The van der Waals surface area contributed by atoms with Crippen LogP contribution >= 0.6 is 0 Å². The largest absolute Gasteiger partial charge is 0.671 e. The van der Waals surface area contributed by atoms with E-state index in [1.807, 2.05) is 0 Å². The molecule has 5 nitrogen and oxygen atoms in total. The summed E-state index contributed by atoms with van der Waals surface area (Å²) in [5.41, 5.74) is 0. The zero-order valence-electron chi connectivity index (χ0n) is 8.40. The molecule has 0 aliphatic heterocycles. The fourth-order valence-corrected chi connectivity index (χ4v) is 0.581. The Morgan fingerprint density at radius 2 is 1.33 bits per heavy atom. The molecule has 0 rings (SSSR count). The fourth-order valence-electron chi connectivity index (χ4n) is 0.194. The van der Waals surface area contributed by atoms with E-state index in [1.165, 1.54) is 0 Å². The summed E-state index contributed by atoms with van der Waals surface area (Å²) in [6.45, 7) is 1.68. The van der Waals surface area contributed by atoms with Crippen LogP contribution in [0.2, 0.25) is 0 Å². The molecular formula is C6H20NO4Si+. The maximum Gasteiger partial charge on any atom is 0.671 e. The van der Waals surface area contributed by atoms with Crippen LogP contribution in [0.25, 0.3) is 0 Å². The molecule has 0 fully saturated rings. The number of hydrogen-bond acceptors (Lipinski definition) is 4. The molecule has 6 heteroatoms. The second-order valence-electron chi connectivity index (χ2n) is 3.69. The summed E-state index contributed by atoms with van der Waals surface area (Å²) in [6.07, 6.45) is 0. The van der Waals surface area contributed by atoms with E-state index in [-0.39, 0.29) is 6.61 Å². The first kappa shape index (κ1) is 14.5. The maximum atomic E-state index is 8.05. The van der Waals surface area contributed by atoms with E-state index in [0.717, 1.165) is 4.48 Å². The molecule has 0 aliphatic carbocycles. The lowest BCUT2D eigenvalue weighted by Gasteiger charge is -2.14. The molecule has 0 radical (unpaired) electrons. The zero-order chi connectivity index (χ0) is 10.4. The van der Waals surface area contributed by atoms with Crippen LogP contribution in [0.3, 0.4) is 0 Å². The summed E-state index contributed by atoms with van der Waals surface area (Å²) < 4.78 is 5.03. The van der Waals surface area contributed by atoms with Crippen LogP contribution in [-0.4, -0.2) is 62.7 Å². The Morgan fingerprint density at radius 3 is 1.33 bits per heavy atom. The third-order valence-electron chi connectivity index (χ3n) is 0.338. The van der Waals surface area contributed by atoms with E-state index in [1.54, 1.807) is 6.92 Å². The smallest absolute Gasteiger partial charge is 0.368 e. The number of hydrogen-bond donors (Lipinski definition) is 3. The Labute approximate surface area is 74.9 Å². The van der Waals surface area contributed by atoms with E-state index < -0.39 is 9.05 Å². The molecule has 76 valence electrons. The summed E-state index contributed by atoms with van der Waals surface area (Å²) >= 11 is 0. The fraction of sp³-hybridized carbons (Fsp3) is 1.00. The summed E-state index contributed by atoms with van der Waals surface area (Å²) in [7, 11) is 4.34. The number of nitrogens with zero attached hydrogens (tertiary/aromatic N) is 1. The molecule has 0 saturated heterocycles. The van der Waals surface area contributed by atoms with Crippen molar-refractivity contribution < 1.29 is 23.3 Å². The molecule has 0 heterocycles. The predicted molar refractivity (Wildman–Crippen MR) is 48.0 cm³/mol. The lowest BCUT2D eigenvalue weighted by Crippen LogP contribution is -2.38. The van der Waals surface area contributed by atoms with Crippen LogP contribution in [0.15, 0.2) is 0 Å². The molecule has 0 atom stereocenters. The van der Waals surface area contributed by atoms with Crippen molar-refractivity contribution in [3.05, 3.63) is 0 Å². The van der Waals surface area contributed by atoms with Gasteiger partial charge in [-0.3, -0.25) is 0 Å². The van der Waals surface area contributed by atoms with Crippen LogP contribution in [0.4, 0.5) is 0 Å². The summed E-state index contributed by atoms with van der Waals surface area (Å²) in [4.78, 5) is 24.1. The van der Waals surface area contributed by atoms with Crippen molar-refractivity contribution in [3.8, 4) is 0 Å². The molecule has 0 aromatic heterocycles. The Bertz CT molecular complexity index is 101. The average molecular weight is 198 g/mol. The number of quaternary nitrogens is 1. The van der Waals surface area contributed by atoms with Crippen molar-refractivity contribution in [2.75, 3.05) is 34.8 Å². The molecule has 0 unspecified atom stereocenters. The standard InChI is InChI=1S/C4H12N.C2H8O4Si/c1-5(2,3)4;1-2-6-7(3,4)5/h1-4H3;3-5H,2H2,1H3/q+1;. The lowest BCUT2D eigenvalue weighted by atomic mass is 10.8. The van der Waals surface area contributed by atoms with Gasteiger partial charge in [0.05, 0.1) is 28.2 Å². The van der Waals surface area contributed by atoms with Gasteiger partial charge in [-0.05, 0) is 6.92 Å². The van der Waals surface area contributed by atoms with Gasteiger partial charge in [-0.1, -0.05) is 0 Å². The van der Waals surface area contributed by atoms with Crippen LogP contribution < -0.4 is 0 Å². The quantitative estimate of drug-likeness (QED) is 0.383. The van der Waals surface area contributed by atoms with E-state index in [9.17, 15) is 0 Å². The van der Waals surface area contributed by atoms with Crippen LogP contribution in [0.1, 0.15) is 6.92 Å². The monoisotopic (exact) mass is 198 g/mol. The Morgan fingerprint density at radius 1 is 1.08 bits per heavy atom. The molecular weight excluding hydrogens is 178 g/mol. The van der Waals surface area contributed by atoms with Gasteiger partial charge in [0.15, 0.2) is 0 Å². The van der Waals surface area contributed by atoms with Gasteiger partial charge in [0.1, 0.15) is 0 Å². The molecule has 0 aliphatic rings. The van der Waals surface area contributed by atoms with Gasteiger partial charge in [0, 0.05) is 6.61 Å². The van der Waals surface area contributed by atoms with Gasteiger partial charge in [0.2, 0.25) is 0 Å². The molecule has 3 N–H and O–H groups in total. The third kappa shape index (κ3) is 50.5. The zero-order valence-corrected chi connectivity index (χ0v) is 9.40. The van der Waals surface area contributed by atoms with Crippen molar-refractivity contribution in [1.82, 2.24) is 0 Å². The summed E-state index contributed by atoms with van der Waals surface area (Å²) in [5, 5.41) is 0. The highest BCUT2D eigenvalue weighted by Gasteiger charge is 2.28. The molecule has 0 spiro atoms. The predicted octanol–water partition coefficient (Wildman–Crippen LogP) is -1.24. The minimum Gasteiger partial charge on any atom is -0.368 e. The normalized spacial score (nSPS) is 12.0. The minimum atomic E-state index is -4.16. The molecule has 0 saturated carbocycles. The van der Waals surface area contributed by atoms with Crippen molar-refractivity contribution in [1.29, 1.82) is 0 Å². The second-order valence-corrected chi connectivity index (χ2v) is 5.13. The van der Waals surface area contributed by atoms with Gasteiger partial charge in [-0.2, -0.15) is 0 Å². The average Bonchev–Trinajstić information content (AvgIpc) is 1.54. The van der Waals surface area contributed by atoms with Gasteiger partial charge < -0.3 is 23.3 Å². The van der Waals surface area contributed by atoms with Gasteiger partial charge >= 0.3 is 9.05 Å². The van der Waals surface area contributed by atoms with Crippen LogP contribution in [0.5, 0.6) is 0 Å². The van der Waals surface area contributed by atoms with Crippen LogP contribution in [0, 0.1) is 0 Å². The molecule has 12 heavy (non-hydrogen) atoms. The summed E-state index contributed by atoms with van der Waals surface area (Å²) in [6, 6.07) is 0. The first-order valence-electron chi connectivity index (χ1n) is 3.66. The van der Waals surface area contributed by atoms with Gasteiger partial charge in [-0.15, -0.1) is 0 Å². The molecule has 0 aromatic rings. The topological polar surface area (TPSA) is 69.9 Å².